The first-order valence-corrected chi connectivity index (χ1v) is 9.87. The van der Waals surface area contributed by atoms with Crippen LogP contribution in [-0.2, 0) is 11.3 Å². The van der Waals surface area contributed by atoms with Gasteiger partial charge in [0.2, 0.25) is 0 Å². The van der Waals surface area contributed by atoms with E-state index in [4.69, 9.17) is 14.2 Å². The van der Waals surface area contributed by atoms with Gasteiger partial charge in [-0.25, -0.2) is 4.79 Å². The molecule has 0 aliphatic rings. The lowest BCUT2D eigenvalue weighted by atomic mass is 10.2. The summed E-state index contributed by atoms with van der Waals surface area (Å²) in [5, 5.41) is 6.49. The number of methoxy groups -OCH3 is 2. The van der Waals surface area contributed by atoms with Crippen molar-refractivity contribution < 1.29 is 19.0 Å². The van der Waals surface area contributed by atoms with Gasteiger partial charge in [0.1, 0.15) is 5.60 Å². The predicted octanol–water partition coefficient (Wildman–Crippen LogP) is 3.02. The van der Waals surface area contributed by atoms with Crippen LogP contribution in [0.4, 0.5) is 4.79 Å². The van der Waals surface area contributed by atoms with Gasteiger partial charge in [-0.2, -0.15) is 0 Å². The monoisotopic (exact) mass is 408 g/mol. The maximum absolute atomic E-state index is 12.3. The van der Waals surface area contributed by atoms with E-state index in [1.165, 1.54) is 0 Å². The Morgan fingerprint density at radius 1 is 1.10 bits per heavy atom. The molecule has 1 amide bonds. The van der Waals surface area contributed by atoms with Gasteiger partial charge in [-0.3, -0.25) is 4.99 Å². The van der Waals surface area contributed by atoms with Crippen molar-refractivity contribution in [3.05, 3.63) is 23.8 Å². The summed E-state index contributed by atoms with van der Waals surface area (Å²) in [6.45, 7) is 9.95. The molecule has 1 aromatic carbocycles. The molecule has 164 valence electrons. The summed E-state index contributed by atoms with van der Waals surface area (Å²) in [5.74, 6) is 2.03. The van der Waals surface area contributed by atoms with Gasteiger partial charge >= 0.3 is 6.09 Å². The zero-order valence-electron chi connectivity index (χ0n) is 18.8. The van der Waals surface area contributed by atoms with Gasteiger partial charge < -0.3 is 29.7 Å². The highest BCUT2D eigenvalue weighted by atomic mass is 16.6. The van der Waals surface area contributed by atoms with E-state index in [0.29, 0.717) is 43.6 Å². The van der Waals surface area contributed by atoms with Crippen LogP contribution in [0.15, 0.2) is 23.2 Å². The van der Waals surface area contributed by atoms with E-state index in [-0.39, 0.29) is 6.09 Å². The third-order valence-corrected chi connectivity index (χ3v) is 3.95. The van der Waals surface area contributed by atoms with Crippen molar-refractivity contribution in [2.45, 2.75) is 46.3 Å². The molecule has 29 heavy (non-hydrogen) atoms. The predicted molar refractivity (Wildman–Crippen MR) is 116 cm³/mol. The van der Waals surface area contributed by atoms with Gasteiger partial charge in [0.25, 0.3) is 0 Å². The van der Waals surface area contributed by atoms with Gasteiger partial charge in [-0.15, -0.1) is 0 Å². The second-order valence-corrected chi connectivity index (χ2v) is 7.51. The summed E-state index contributed by atoms with van der Waals surface area (Å²) >= 11 is 0. The zero-order chi connectivity index (χ0) is 21.9. The van der Waals surface area contributed by atoms with E-state index >= 15 is 0 Å². The van der Waals surface area contributed by atoms with Gasteiger partial charge in [-0.1, -0.05) is 13.0 Å². The topological polar surface area (TPSA) is 84.4 Å². The molecule has 8 nitrogen and oxygen atoms in total. The van der Waals surface area contributed by atoms with Crippen LogP contribution in [0.25, 0.3) is 0 Å². The first kappa shape index (κ1) is 24.4. The van der Waals surface area contributed by atoms with Crippen LogP contribution in [0, 0.1) is 0 Å². The highest BCUT2D eigenvalue weighted by molar-refractivity contribution is 5.79. The number of nitrogens with one attached hydrogen (secondary N) is 2. The Kier molecular flexibility index (Phi) is 10.1. The van der Waals surface area contributed by atoms with Crippen LogP contribution in [-0.4, -0.2) is 63.5 Å². The van der Waals surface area contributed by atoms with Crippen LogP contribution >= 0.6 is 0 Å². The number of hydrogen-bond acceptors (Lipinski definition) is 5. The molecule has 0 saturated carbocycles. The molecule has 2 N–H and O–H groups in total. The molecule has 0 atom stereocenters. The van der Waals surface area contributed by atoms with Crippen molar-refractivity contribution in [2.75, 3.05) is 40.9 Å². The van der Waals surface area contributed by atoms with Crippen molar-refractivity contribution >= 4 is 12.1 Å². The Morgan fingerprint density at radius 3 is 2.34 bits per heavy atom. The van der Waals surface area contributed by atoms with Gasteiger partial charge in [0.15, 0.2) is 17.5 Å². The highest BCUT2D eigenvalue weighted by Crippen LogP contribution is 2.27. The summed E-state index contributed by atoms with van der Waals surface area (Å²) in [5.41, 5.74) is 0.528. The SMILES string of the molecule is CCCN(CCNC(=NC)NCc1ccc(OC)c(OC)c1)C(=O)OC(C)(C)C. The number of carbonyl (C=O) groups is 1. The van der Waals surface area contributed by atoms with Crippen LogP contribution < -0.4 is 20.1 Å². The van der Waals surface area contributed by atoms with Gasteiger partial charge in [-0.05, 0) is 44.9 Å². The van der Waals surface area contributed by atoms with E-state index in [2.05, 4.69) is 15.6 Å². The largest absolute Gasteiger partial charge is 0.493 e. The van der Waals surface area contributed by atoms with E-state index in [1.807, 2.05) is 45.9 Å². The molecule has 0 bridgehead atoms. The lowest BCUT2D eigenvalue weighted by Gasteiger charge is -2.27. The lowest BCUT2D eigenvalue weighted by Crippen LogP contribution is -2.44. The molecule has 1 rings (SSSR count). The number of guanidine groups is 1. The number of nitrogens with zero attached hydrogens (tertiary/aromatic N) is 2. The second kappa shape index (κ2) is 12.0. The molecular formula is C21H36N4O4. The fraction of sp³-hybridized carbons (Fsp3) is 0.619. The maximum Gasteiger partial charge on any atom is 0.410 e. The number of rotatable bonds is 9. The molecule has 0 aromatic heterocycles. The Hall–Kier alpha value is -2.64. The first-order valence-electron chi connectivity index (χ1n) is 9.87. The van der Waals surface area contributed by atoms with Gasteiger partial charge in [0.05, 0.1) is 14.2 Å². The standard InChI is InChI=1S/C21H36N4O4/c1-8-12-25(20(26)29-21(2,3)4)13-11-23-19(22-5)24-15-16-9-10-17(27-6)18(14-16)28-7/h9-10,14H,8,11-13,15H2,1-7H3,(H2,22,23,24). The quantitative estimate of drug-likeness (QED) is 0.483. The molecule has 0 aliphatic carbocycles. The van der Waals surface area contributed by atoms with Crippen molar-refractivity contribution in [2.24, 2.45) is 4.99 Å². The minimum atomic E-state index is -0.506. The third-order valence-electron chi connectivity index (χ3n) is 3.95. The molecule has 0 spiro atoms. The van der Waals surface area contributed by atoms with Crippen molar-refractivity contribution in [1.29, 1.82) is 0 Å². The molecule has 0 saturated heterocycles. The smallest absolute Gasteiger partial charge is 0.410 e. The second-order valence-electron chi connectivity index (χ2n) is 7.51. The average Bonchev–Trinajstić information content (AvgIpc) is 2.68. The van der Waals surface area contributed by atoms with E-state index < -0.39 is 5.60 Å². The Bertz CT molecular complexity index is 671. The summed E-state index contributed by atoms with van der Waals surface area (Å²) in [6, 6.07) is 5.76. The van der Waals surface area contributed by atoms with Crippen LogP contribution in [0.1, 0.15) is 39.7 Å². The fourth-order valence-corrected chi connectivity index (χ4v) is 2.60. The minimum Gasteiger partial charge on any atom is -0.493 e. The third kappa shape index (κ3) is 8.93. The molecule has 0 unspecified atom stereocenters. The Morgan fingerprint density at radius 2 is 1.79 bits per heavy atom. The molecule has 0 radical (unpaired) electrons. The fourth-order valence-electron chi connectivity index (χ4n) is 2.60. The number of carbonyl (C=O) groups excluding carboxylic acids is 1. The maximum atomic E-state index is 12.3. The first-order chi connectivity index (χ1) is 13.7. The minimum absolute atomic E-state index is 0.297. The normalized spacial score (nSPS) is 11.6. The molecule has 0 aliphatic heterocycles. The van der Waals surface area contributed by atoms with Crippen molar-refractivity contribution in [3.63, 3.8) is 0 Å². The summed E-state index contributed by atoms with van der Waals surface area (Å²) in [4.78, 5) is 18.3. The van der Waals surface area contributed by atoms with Crippen LogP contribution in [0.3, 0.4) is 0 Å². The Labute approximate surface area is 174 Å². The number of hydrogen-bond donors (Lipinski definition) is 2. The average molecular weight is 409 g/mol. The summed E-state index contributed by atoms with van der Waals surface area (Å²) in [6.07, 6.45) is 0.570. The van der Waals surface area contributed by atoms with E-state index in [0.717, 1.165) is 12.0 Å². The molecular weight excluding hydrogens is 372 g/mol. The number of aliphatic imine (C=N–C) groups is 1. The molecule has 0 fully saturated rings. The summed E-state index contributed by atoms with van der Waals surface area (Å²) in [7, 11) is 4.94. The van der Waals surface area contributed by atoms with Crippen molar-refractivity contribution in [3.8, 4) is 11.5 Å². The van der Waals surface area contributed by atoms with E-state index in [1.54, 1.807) is 26.2 Å². The lowest BCUT2D eigenvalue weighted by molar-refractivity contribution is 0.0253. The van der Waals surface area contributed by atoms with Gasteiger partial charge in [0, 0.05) is 33.2 Å². The number of benzene rings is 1. The van der Waals surface area contributed by atoms with Crippen molar-refractivity contribution in [1.82, 2.24) is 15.5 Å². The Balaban J connectivity index is 2.55. The summed E-state index contributed by atoms with van der Waals surface area (Å²) < 4.78 is 16.1. The van der Waals surface area contributed by atoms with Crippen LogP contribution in [0.5, 0.6) is 11.5 Å². The molecule has 0 heterocycles. The van der Waals surface area contributed by atoms with Crippen LogP contribution in [0.2, 0.25) is 0 Å². The molecule has 8 heteroatoms. The number of amides is 1. The number of ether oxygens (including phenoxy) is 3. The molecule has 1 aromatic rings. The zero-order valence-corrected chi connectivity index (χ0v) is 18.8. The van der Waals surface area contributed by atoms with E-state index in [9.17, 15) is 4.79 Å². The highest BCUT2D eigenvalue weighted by Gasteiger charge is 2.21.